The van der Waals surface area contributed by atoms with Gasteiger partial charge in [-0.3, -0.25) is 14.4 Å². The molecule has 1 aliphatic rings. The van der Waals surface area contributed by atoms with Gasteiger partial charge in [0, 0.05) is 12.6 Å². The zero-order valence-electron chi connectivity index (χ0n) is 15.9. The predicted molar refractivity (Wildman–Crippen MR) is 97.6 cm³/mol. The second-order valence-electron chi connectivity index (χ2n) is 6.94. The van der Waals surface area contributed by atoms with Crippen LogP contribution in [0.25, 0.3) is 0 Å². The lowest BCUT2D eigenvalue weighted by molar-refractivity contribution is -0.163. The predicted octanol–water partition coefficient (Wildman–Crippen LogP) is 3.25. The quantitative estimate of drug-likeness (QED) is 0.417. The van der Waals surface area contributed by atoms with E-state index in [0.717, 1.165) is 17.0 Å². The van der Waals surface area contributed by atoms with Gasteiger partial charge in [0.2, 0.25) is 5.91 Å². The van der Waals surface area contributed by atoms with E-state index in [1.807, 2.05) is 0 Å². The number of amides is 3. The number of nitrogens with one attached hydrogen (secondary N) is 2. The fourth-order valence-electron chi connectivity index (χ4n) is 3.10. The molecule has 1 aliphatic heterocycles. The largest absolute Gasteiger partial charge is 0.408 e. The van der Waals surface area contributed by atoms with E-state index in [9.17, 15) is 36.3 Å². The molecule has 0 radical (unpaired) electrons. The first-order valence-electron chi connectivity index (χ1n) is 8.97. The van der Waals surface area contributed by atoms with Gasteiger partial charge in [0.05, 0.1) is 11.6 Å². The van der Waals surface area contributed by atoms with Crippen molar-refractivity contribution in [1.82, 2.24) is 10.2 Å². The first-order valence-corrected chi connectivity index (χ1v) is 9.35. The summed E-state index contributed by atoms with van der Waals surface area (Å²) in [5.74, 6) is -6.39. The van der Waals surface area contributed by atoms with Crippen molar-refractivity contribution in [3.05, 3.63) is 28.8 Å². The van der Waals surface area contributed by atoms with Gasteiger partial charge in [-0.1, -0.05) is 11.6 Å². The third-order valence-corrected chi connectivity index (χ3v) is 5.26. The number of hydrogen-bond acceptors (Lipinski definition) is 3. The molecule has 0 spiro atoms. The molecule has 6 nitrogen and oxygen atoms in total. The van der Waals surface area contributed by atoms with Gasteiger partial charge in [-0.25, -0.2) is 8.78 Å². The Morgan fingerprint density at radius 3 is 2.47 bits per heavy atom. The van der Waals surface area contributed by atoms with Crippen molar-refractivity contribution < 1.29 is 36.3 Å². The summed E-state index contributed by atoms with van der Waals surface area (Å²) in [5, 5.41) is 3.06. The van der Waals surface area contributed by atoms with Crippen LogP contribution in [0.4, 0.5) is 27.6 Å². The van der Waals surface area contributed by atoms with Crippen LogP contribution < -0.4 is 10.6 Å². The molecule has 0 saturated carbocycles. The normalized spacial score (nSPS) is 20.5. The average molecular weight is 456 g/mol. The number of hydrogen-bond donors (Lipinski definition) is 2. The summed E-state index contributed by atoms with van der Waals surface area (Å²) in [6, 6.07) is -1.22. The molecule has 30 heavy (non-hydrogen) atoms. The van der Waals surface area contributed by atoms with Crippen molar-refractivity contribution in [3.8, 4) is 0 Å². The third kappa shape index (κ3) is 5.18. The van der Waals surface area contributed by atoms with Gasteiger partial charge in [-0.2, -0.15) is 13.2 Å². The first kappa shape index (κ1) is 23.8. The maximum absolute atomic E-state index is 14.0. The van der Waals surface area contributed by atoms with Crippen molar-refractivity contribution >= 4 is 35.0 Å². The van der Waals surface area contributed by atoms with Crippen molar-refractivity contribution in [2.45, 2.75) is 44.9 Å². The van der Waals surface area contributed by atoms with E-state index >= 15 is 0 Å². The molecule has 1 aromatic rings. The lowest BCUT2D eigenvalue weighted by atomic mass is 9.89. The van der Waals surface area contributed by atoms with E-state index in [1.54, 1.807) is 5.32 Å². The number of nitrogens with zero attached hydrogens (tertiary/aromatic N) is 1. The molecule has 0 bridgehead atoms. The molecule has 3 atom stereocenters. The lowest BCUT2D eigenvalue weighted by Crippen LogP contribution is -2.56. The third-order valence-electron chi connectivity index (χ3n) is 4.91. The van der Waals surface area contributed by atoms with Crippen molar-refractivity contribution in [2.24, 2.45) is 5.92 Å². The van der Waals surface area contributed by atoms with Gasteiger partial charge in [-0.15, -0.1) is 0 Å². The van der Waals surface area contributed by atoms with Gasteiger partial charge in [0.15, 0.2) is 5.82 Å². The molecule has 1 aromatic carbocycles. The SMILES string of the molecule is CC1C(C(=O)Nc2ccc(F)c(Cl)c2F)CCCN1C(=O)C(=O)N[C@H](C)C(F)(F)F. The van der Waals surface area contributed by atoms with Crippen LogP contribution in [0.15, 0.2) is 12.1 Å². The first-order chi connectivity index (χ1) is 13.8. The molecule has 1 fully saturated rings. The minimum atomic E-state index is -4.72. The van der Waals surface area contributed by atoms with E-state index in [-0.39, 0.29) is 18.7 Å². The zero-order chi connectivity index (χ0) is 22.8. The zero-order valence-corrected chi connectivity index (χ0v) is 16.7. The number of alkyl halides is 3. The fraction of sp³-hybridized carbons (Fsp3) is 0.500. The Hall–Kier alpha value is -2.43. The molecule has 3 amide bonds. The highest BCUT2D eigenvalue weighted by Crippen LogP contribution is 2.29. The number of carbonyl (C=O) groups excluding carboxylic acids is 3. The number of piperidine rings is 1. The van der Waals surface area contributed by atoms with Crippen LogP contribution in [-0.4, -0.2) is 47.4 Å². The summed E-state index contributed by atoms with van der Waals surface area (Å²) in [6.45, 7) is 2.22. The van der Waals surface area contributed by atoms with E-state index in [4.69, 9.17) is 11.6 Å². The van der Waals surface area contributed by atoms with Gasteiger partial charge in [0.25, 0.3) is 0 Å². The van der Waals surface area contributed by atoms with Crippen LogP contribution >= 0.6 is 11.6 Å². The summed E-state index contributed by atoms with van der Waals surface area (Å²) in [7, 11) is 0. The average Bonchev–Trinajstić information content (AvgIpc) is 2.67. The topological polar surface area (TPSA) is 78.5 Å². The van der Waals surface area contributed by atoms with Crippen LogP contribution in [0, 0.1) is 17.6 Å². The highest BCUT2D eigenvalue weighted by molar-refractivity contribution is 6.35. The molecule has 0 aromatic heterocycles. The minimum absolute atomic E-state index is 0.0638. The Kier molecular flexibility index (Phi) is 7.27. The van der Waals surface area contributed by atoms with Crippen LogP contribution in [-0.2, 0) is 14.4 Å². The monoisotopic (exact) mass is 455 g/mol. The van der Waals surface area contributed by atoms with Crippen LogP contribution in [0.1, 0.15) is 26.7 Å². The Balaban J connectivity index is 2.10. The standard InChI is InChI=1S/C18H19ClF5N3O3/c1-8-10(15(28)26-12-6-5-11(20)13(19)14(12)21)4-3-7-27(8)17(30)16(29)25-9(2)18(22,23)24/h5-6,8-10H,3-4,7H2,1-2H3,(H,25,29)(H,26,28)/t8?,9-,10?/m1/s1. The summed E-state index contributed by atoms with van der Waals surface area (Å²) in [4.78, 5) is 37.8. The molecule has 1 saturated heterocycles. The highest BCUT2D eigenvalue weighted by Gasteiger charge is 2.41. The van der Waals surface area contributed by atoms with E-state index in [0.29, 0.717) is 13.3 Å². The molecular weight excluding hydrogens is 437 g/mol. The van der Waals surface area contributed by atoms with Crippen LogP contribution in [0.2, 0.25) is 5.02 Å². The molecule has 12 heteroatoms. The van der Waals surface area contributed by atoms with E-state index in [2.05, 4.69) is 5.32 Å². The summed E-state index contributed by atoms with van der Waals surface area (Å²) in [5.41, 5.74) is -0.362. The number of anilines is 1. The number of carbonyl (C=O) groups is 3. The molecular formula is C18H19ClF5N3O3. The Labute approximate surface area is 173 Å². The molecule has 2 N–H and O–H groups in total. The molecule has 2 rings (SSSR count). The van der Waals surface area contributed by atoms with Gasteiger partial charge in [0.1, 0.15) is 16.9 Å². The summed E-state index contributed by atoms with van der Waals surface area (Å²) >= 11 is 5.48. The molecule has 0 aliphatic carbocycles. The highest BCUT2D eigenvalue weighted by atomic mass is 35.5. The Bertz CT molecular complexity index is 849. The number of halogens is 6. The van der Waals surface area contributed by atoms with Gasteiger partial charge >= 0.3 is 18.0 Å². The molecule has 2 unspecified atom stereocenters. The van der Waals surface area contributed by atoms with Crippen LogP contribution in [0.5, 0.6) is 0 Å². The number of benzene rings is 1. The molecule has 1 heterocycles. The van der Waals surface area contributed by atoms with Crippen molar-refractivity contribution in [2.75, 3.05) is 11.9 Å². The maximum atomic E-state index is 14.0. The number of rotatable bonds is 3. The summed E-state index contributed by atoms with van der Waals surface area (Å²) < 4.78 is 65.1. The maximum Gasteiger partial charge on any atom is 0.408 e. The van der Waals surface area contributed by atoms with Gasteiger partial charge < -0.3 is 15.5 Å². The second kappa shape index (κ2) is 9.15. The van der Waals surface area contributed by atoms with E-state index in [1.165, 1.54) is 6.92 Å². The molecule has 166 valence electrons. The number of likely N-dealkylation sites (tertiary alicyclic amines) is 1. The summed E-state index contributed by atoms with van der Waals surface area (Å²) in [6.07, 6.45) is -4.14. The fourth-order valence-corrected chi connectivity index (χ4v) is 3.26. The van der Waals surface area contributed by atoms with Crippen molar-refractivity contribution in [3.63, 3.8) is 0 Å². The van der Waals surface area contributed by atoms with Crippen LogP contribution in [0.3, 0.4) is 0 Å². The van der Waals surface area contributed by atoms with Crippen molar-refractivity contribution in [1.29, 1.82) is 0 Å². The smallest absolute Gasteiger partial charge is 0.336 e. The second-order valence-corrected chi connectivity index (χ2v) is 7.31. The Morgan fingerprint density at radius 1 is 1.23 bits per heavy atom. The minimum Gasteiger partial charge on any atom is -0.336 e. The Morgan fingerprint density at radius 2 is 1.87 bits per heavy atom. The lowest BCUT2D eigenvalue weighted by Gasteiger charge is -2.38. The van der Waals surface area contributed by atoms with Gasteiger partial charge in [-0.05, 0) is 38.8 Å². The van der Waals surface area contributed by atoms with E-state index < -0.39 is 58.6 Å².